The molecule has 1 atom stereocenters. The molecule has 2 amide bonds. The van der Waals surface area contributed by atoms with Crippen molar-refractivity contribution < 1.29 is 14.4 Å². The number of likely N-dealkylation sites (N-methyl/N-ethyl adjacent to an activating group) is 1. The number of nitrogens with one attached hydrogen (secondary N) is 2. The molecule has 3 heterocycles. The van der Waals surface area contributed by atoms with Gasteiger partial charge in [0.25, 0.3) is 0 Å². The maximum Gasteiger partial charge on any atom is 0.320 e. The average Bonchev–Trinajstić information content (AvgIpc) is 3.43. The number of nitrogens with zero attached hydrogens (tertiary/aromatic N) is 4. The number of urea groups is 1. The molecule has 1 aromatic heterocycles. The van der Waals surface area contributed by atoms with Gasteiger partial charge in [0.15, 0.2) is 0 Å². The first-order valence-corrected chi connectivity index (χ1v) is 11.8. The number of rotatable bonds is 7. The molecule has 0 bridgehead atoms. The number of amides is 2. The van der Waals surface area contributed by atoms with E-state index in [0.29, 0.717) is 37.4 Å². The van der Waals surface area contributed by atoms with Crippen molar-refractivity contribution in [2.75, 3.05) is 51.8 Å². The fraction of sp³-hybridized carbons (Fsp3) is 0.462. The number of likely N-dealkylation sites (tertiary alicyclic amines) is 1. The van der Waals surface area contributed by atoms with E-state index in [0.717, 1.165) is 30.9 Å². The van der Waals surface area contributed by atoms with Crippen LogP contribution in [-0.2, 0) is 4.84 Å². The fourth-order valence-electron chi connectivity index (χ4n) is 3.83. The normalized spacial score (nSPS) is 17.7. The van der Waals surface area contributed by atoms with Crippen molar-refractivity contribution in [3.05, 3.63) is 48.6 Å². The van der Waals surface area contributed by atoms with E-state index in [9.17, 15) is 4.79 Å². The molecule has 0 saturated carbocycles. The second kappa shape index (κ2) is 14.2. The summed E-state index contributed by atoms with van der Waals surface area (Å²) in [5.74, 6) is 1.66. The van der Waals surface area contributed by atoms with Crippen LogP contribution in [0.25, 0.3) is 5.69 Å². The van der Waals surface area contributed by atoms with Crippen LogP contribution in [0.3, 0.4) is 0 Å². The number of carbonyl (C=O) groups excluding carboxylic acids is 1. The largest absolute Gasteiger partial charge is 0.476 e. The molecule has 2 N–H and O–H groups in total. The summed E-state index contributed by atoms with van der Waals surface area (Å²) in [5, 5.41) is 12.4. The maximum absolute atomic E-state index is 12.7. The molecule has 2 aromatic rings. The van der Waals surface area contributed by atoms with Crippen molar-refractivity contribution >= 4 is 11.8 Å². The molecular formula is C26H38N6O3. The van der Waals surface area contributed by atoms with Gasteiger partial charge in [-0.15, -0.1) is 24.5 Å². The Bertz CT molecular complexity index is 953. The van der Waals surface area contributed by atoms with E-state index in [1.807, 2.05) is 56.2 Å². The molecule has 2 saturated heterocycles. The first-order chi connectivity index (χ1) is 16.9. The van der Waals surface area contributed by atoms with Gasteiger partial charge < -0.3 is 15.0 Å². The number of allylic oxidation sites excluding steroid dienone is 1. The summed E-state index contributed by atoms with van der Waals surface area (Å²) < 4.78 is 7.74. The Labute approximate surface area is 209 Å². The summed E-state index contributed by atoms with van der Waals surface area (Å²) in [6.45, 7) is 13.8. The number of hydroxylamine groups is 2. The molecule has 190 valence electrons. The zero-order valence-electron chi connectivity index (χ0n) is 21.2. The van der Waals surface area contributed by atoms with Gasteiger partial charge in [-0.05, 0) is 33.0 Å². The lowest BCUT2D eigenvalue weighted by molar-refractivity contribution is -0.105. The monoisotopic (exact) mass is 482 g/mol. The van der Waals surface area contributed by atoms with Crippen molar-refractivity contribution in [1.82, 2.24) is 25.1 Å². The molecule has 0 spiro atoms. The predicted molar refractivity (Wildman–Crippen MR) is 140 cm³/mol. The molecular weight excluding hydrogens is 444 g/mol. The van der Waals surface area contributed by atoms with Crippen LogP contribution >= 0.6 is 0 Å². The quantitative estimate of drug-likeness (QED) is 0.465. The van der Waals surface area contributed by atoms with Gasteiger partial charge in [0, 0.05) is 32.1 Å². The lowest BCUT2D eigenvalue weighted by Crippen LogP contribution is -2.46. The Morgan fingerprint density at radius 1 is 1.29 bits per heavy atom. The Morgan fingerprint density at radius 2 is 1.94 bits per heavy atom. The fourth-order valence-corrected chi connectivity index (χ4v) is 3.83. The highest BCUT2D eigenvalue weighted by atomic mass is 16.7. The highest BCUT2D eigenvalue weighted by Gasteiger charge is 2.27. The number of hydrogen-bond acceptors (Lipinski definition) is 6. The molecule has 2 aliphatic rings. The summed E-state index contributed by atoms with van der Waals surface area (Å²) in [6.07, 6.45) is 9.75. The smallest absolute Gasteiger partial charge is 0.320 e. The first-order valence-electron chi connectivity index (χ1n) is 11.8. The minimum Gasteiger partial charge on any atom is -0.476 e. The van der Waals surface area contributed by atoms with E-state index in [-0.39, 0.29) is 12.1 Å². The van der Waals surface area contributed by atoms with Crippen LogP contribution in [0.2, 0.25) is 0 Å². The number of carbonyl (C=O) groups is 1. The number of ether oxygens (including phenoxy) is 1. The van der Waals surface area contributed by atoms with Gasteiger partial charge in [0.05, 0.1) is 30.5 Å². The molecule has 2 aliphatic heterocycles. The molecule has 9 nitrogen and oxygen atoms in total. The summed E-state index contributed by atoms with van der Waals surface area (Å²) in [5.41, 5.74) is 1.66. The highest BCUT2D eigenvalue weighted by Crippen LogP contribution is 2.29. The van der Waals surface area contributed by atoms with Crippen LogP contribution in [0, 0.1) is 25.7 Å². The van der Waals surface area contributed by atoms with Gasteiger partial charge in [-0.25, -0.2) is 9.48 Å². The summed E-state index contributed by atoms with van der Waals surface area (Å²) in [4.78, 5) is 20.5. The van der Waals surface area contributed by atoms with Crippen molar-refractivity contribution in [2.24, 2.45) is 5.92 Å². The highest BCUT2D eigenvalue weighted by molar-refractivity contribution is 5.90. The lowest BCUT2D eigenvalue weighted by Gasteiger charge is -2.35. The van der Waals surface area contributed by atoms with E-state index >= 15 is 0 Å². The van der Waals surface area contributed by atoms with Crippen LogP contribution in [0.5, 0.6) is 5.88 Å². The van der Waals surface area contributed by atoms with Crippen molar-refractivity contribution in [3.8, 4) is 24.4 Å². The number of para-hydroxylation sites is 1. The summed E-state index contributed by atoms with van der Waals surface area (Å²) in [7, 11) is 2.10. The maximum atomic E-state index is 12.7. The molecule has 1 aromatic carbocycles. The number of hydrogen-bond donors (Lipinski definition) is 2. The van der Waals surface area contributed by atoms with Crippen molar-refractivity contribution in [2.45, 2.75) is 26.8 Å². The van der Waals surface area contributed by atoms with E-state index in [2.05, 4.69) is 47.1 Å². The van der Waals surface area contributed by atoms with Crippen LogP contribution in [0.4, 0.5) is 10.6 Å². The van der Waals surface area contributed by atoms with Gasteiger partial charge in [0.1, 0.15) is 5.82 Å². The van der Waals surface area contributed by atoms with E-state index in [1.54, 1.807) is 10.8 Å². The van der Waals surface area contributed by atoms with Crippen molar-refractivity contribution in [1.29, 1.82) is 0 Å². The van der Waals surface area contributed by atoms with Crippen LogP contribution in [-0.4, -0.2) is 78.3 Å². The van der Waals surface area contributed by atoms with E-state index < -0.39 is 0 Å². The zero-order chi connectivity index (χ0) is 25.8. The lowest BCUT2D eigenvalue weighted by atomic mass is 10.0. The standard InChI is InChI=1S/C21H30N6O3.C3H6.C2H2/c1-4-26-12-17(14-30-26)22-21(28)23-19-15(2)20(29-13-16-10-25(3)11-16)24-27(19)18-8-6-5-7-9-18;1-3-2;1-2/h5-9,16-17H,4,10-14H2,1-3H3,(H2,22,23,28);3H,1H2,2H3;1-2H. The Morgan fingerprint density at radius 3 is 2.51 bits per heavy atom. The van der Waals surface area contributed by atoms with E-state index in [4.69, 9.17) is 9.57 Å². The zero-order valence-corrected chi connectivity index (χ0v) is 21.2. The third-order valence-corrected chi connectivity index (χ3v) is 5.48. The second-order valence-electron chi connectivity index (χ2n) is 8.40. The third kappa shape index (κ3) is 7.86. The Kier molecular flexibility index (Phi) is 11.3. The van der Waals surface area contributed by atoms with E-state index in [1.165, 1.54) is 0 Å². The molecule has 9 heteroatoms. The van der Waals surface area contributed by atoms with Crippen LogP contribution in [0.15, 0.2) is 43.0 Å². The Balaban J connectivity index is 0.000000803. The minimum atomic E-state index is -0.283. The van der Waals surface area contributed by atoms with Gasteiger partial charge >= 0.3 is 6.03 Å². The topological polar surface area (TPSA) is 83.9 Å². The molecule has 35 heavy (non-hydrogen) atoms. The molecule has 2 fully saturated rings. The molecule has 4 rings (SSSR count). The number of aromatic nitrogens is 2. The van der Waals surface area contributed by atoms with Gasteiger partial charge in [0.2, 0.25) is 5.88 Å². The molecule has 1 unspecified atom stereocenters. The predicted octanol–water partition coefficient (Wildman–Crippen LogP) is 3.32. The molecule has 0 radical (unpaired) electrons. The van der Waals surface area contributed by atoms with Gasteiger partial charge in [-0.1, -0.05) is 31.2 Å². The second-order valence-corrected chi connectivity index (χ2v) is 8.40. The third-order valence-electron chi connectivity index (χ3n) is 5.48. The van der Waals surface area contributed by atoms with Gasteiger partial charge in [-0.3, -0.25) is 10.2 Å². The summed E-state index contributed by atoms with van der Waals surface area (Å²) in [6, 6.07) is 9.39. The van der Waals surface area contributed by atoms with Crippen molar-refractivity contribution in [3.63, 3.8) is 0 Å². The summed E-state index contributed by atoms with van der Waals surface area (Å²) >= 11 is 0. The SMILES string of the molecule is C#C.C=CC.CCN1CC(NC(=O)Nc2c(C)c(OCC3CN(C)C3)nn2-c2ccccc2)CO1. The first kappa shape index (κ1) is 27.9. The minimum absolute atomic E-state index is 0.0512. The van der Waals surface area contributed by atoms with Gasteiger partial charge in [-0.2, -0.15) is 5.06 Å². The molecule has 0 aliphatic carbocycles. The van der Waals surface area contributed by atoms with Crippen LogP contribution in [0.1, 0.15) is 19.4 Å². The Hall–Kier alpha value is -3.32. The van der Waals surface area contributed by atoms with Crippen LogP contribution < -0.4 is 15.4 Å². The number of anilines is 1. The number of terminal acetylenes is 1. The average molecular weight is 483 g/mol. The number of benzene rings is 1.